The minimum Gasteiger partial charge on any atom is -0.379 e. The fourth-order valence-electron chi connectivity index (χ4n) is 2.23. The lowest BCUT2D eigenvalue weighted by molar-refractivity contribution is 0.0838. The Hall–Kier alpha value is 0.230. The van der Waals surface area contributed by atoms with Gasteiger partial charge < -0.3 is 14.5 Å². The lowest BCUT2D eigenvalue weighted by atomic mass is 10.0. The molecule has 0 atom stereocenters. The van der Waals surface area contributed by atoms with Gasteiger partial charge in [0.1, 0.15) is 0 Å². The standard InChI is InChI=1S/C12H26N2OS/c1-3-14-6-4-12(5-7-14)13(2)8-9-15-10-11-16/h12,16H,3-11H2,1-2H3. The van der Waals surface area contributed by atoms with Crippen LogP contribution in [-0.2, 0) is 4.74 Å². The van der Waals surface area contributed by atoms with Crippen molar-refractivity contribution >= 4 is 12.6 Å². The fourth-order valence-corrected chi connectivity index (χ4v) is 2.36. The average Bonchev–Trinajstić information content (AvgIpc) is 2.34. The van der Waals surface area contributed by atoms with Gasteiger partial charge in [0.2, 0.25) is 0 Å². The van der Waals surface area contributed by atoms with Crippen LogP contribution in [0.15, 0.2) is 0 Å². The van der Waals surface area contributed by atoms with Crippen LogP contribution < -0.4 is 0 Å². The van der Waals surface area contributed by atoms with Crippen LogP contribution in [0.25, 0.3) is 0 Å². The van der Waals surface area contributed by atoms with Gasteiger partial charge in [-0.3, -0.25) is 0 Å². The third kappa shape index (κ3) is 5.04. The largest absolute Gasteiger partial charge is 0.379 e. The van der Waals surface area contributed by atoms with Crippen molar-refractivity contribution in [2.45, 2.75) is 25.8 Å². The predicted octanol–water partition coefficient (Wildman–Crippen LogP) is 1.35. The molecule has 4 heteroatoms. The monoisotopic (exact) mass is 246 g/mol. The van der Waals surface area contributed by atoms with Gasteiger partial charge in [-0.15, -0.1) is 0 Å². The van der Waals surface area contributed by atoms with Crippen LogP contribution in [0.2, 0.25) is 0 Å². The maximum Gasteiger partial charge on any atom is 0.0593 e. The van der Waals surface area contributed by atoms with Crippen LogP contribution >= 0.6 is 12.6 Å². The van der Waals surface area contributed by atoms with Crippen LogP contribution in [-0.4, -0.2) is 68.0 Å². The second-order valence-electron chi connectivity index (χ2n) is 4.48. The molecule has 1 heterocycles. The normalized spacial score (nSPS) is 19.5. The Morgan fingerprint density at radius 3 is 2.56 bits per heavy atom. The zero-order chi connectivity index (χ0) is 11.8. The Bertz CT molecular complexity index is 172. The molecule has 1 aliphatic rings. The molecule has 0 aromatic heterocycles. The quantitative estimate of drug-likeness (QED) is 0.539. The van der Waals surface area contributed by atoms with Gasteiger partial charge in [-0.25, -0.2) is 0 Å². The number of likely N-dealkylation sites (N-methyl/N-ethyl adjacent to an activating group) is 1. The molecule has 0 radical (unpaired) electrons. The minimum absolute atomic E-state index is 0.752. The lowest BCUT2D eigenvalue weighted by Crippen LogP contribution is -2.44. The Kier molecular flexibility index (Phi) is 7.45. The first-order chi connectivity index (χ1) is 7.77. The van der Waals surface area contributed by atoms with Crippen molar-refractivity contribution in [3.05, 3.63) is 0 Å². The van der Waals surface area contributed by atoms with Crippen molar-refractivity contribution in [1.29, 1.82) is 0 Å². The van der Waals surface area contributed by atoms with Gasteiger partial charge in [-0.1, -0.05) is 6.92 Å². The molecule has 0 aromatic rings. The van der Waals surface area contributed by atoms with Gasteiger partial charge in [0.25, 0.3) is 0 Å². The highest BCUT2D eigenvalue weighted by atomic mass is 32.1. The molecule has 3 nitrogen and oxygen atoms in total. The molecule has 0 bridgehead atoms. The topological polar surface area (TPSA) is 15.7 Å². The Morgan fingerprint density at radius 2 is 2.00 bits per heavy atom. The Balaban J connectivity index is 2.10. The molecule has 0 saturated carbocycles. The molecular formula is C12H26N2OS. The summed E-state index contributed by atoms with van der Waals surface area (Å²) in [5.41, 5.74) is 0. The zero-order valence-electron chi connectivity index (χ0n) is 10.7. The van der Waals surface area contributed by atoms with Crippen LogP contribution in [0.3, 0.4) is 0 Å². The summed E-state index contributed by atoms with van der Waals surface area (Å²) in [6, 6.07) is 0.752. The molecule has 1 aliphatic heterocycles. The molecular weight excluding hydrogens is 220 g/mol. The molecule has 96 valence electrons. The van der Waals surface area contributed by atoms with Gasteiger partial charge in [0.05, 0.1) is 13.2 Å². The first-order valence-electron chi connectivity index (χ1n) is 6.39. The molecule has 0 N–H and O–H groups in total. The van der Waals surface area contributed by atoms with Crippen molar-refractivity contribution < 1.29 is 4.74 Å². The van der Waals surface area contributed by atoms with E-state index in [4.69, 9.17) is 4.74 Å². The SMILES string of the molecule is CCN1CCC(N(C)CCOCCS)CC1. The fraction of sp³-hybridized carbons (Fsp3) is 1.00. The molecule has 0 unspecified atom stereocenters. The summed E-state index contributed by atoms with van der Waals surface area (Å²) in [6.07, 6.45) is 2.60. The molecule has 1 fully saturated rings. The van der Waals surface area contributed by atoms with Crippen LogP contribution in [0.1, 0.15) is 19.8 Å². The van der Waals surface area contributed by atoms with E-state index in [2.05, 4.69) is 36.4 Å². The summed E-state index contributed by atoms with van der Waals surface area (Å²) < 4.78 is 5.46. The molecule has 1 rings (SSSR count). The summed E-state index contributed by atoms with van der Waals surface area (Å²) in [5, 5.41) is 0. The summed E-state index contributed by atoms with van der Waals surface area (Å²) in [4.78, 5) is 4.98. The lowest BCUT2D eigenvalue weighted by Gasteiger charge is -2.36. The second kappa shape index (κ2) is 8.34. The van der Waals surface area contributed by atoms with E-state index in [-0.39, 0.29) is 0 Å². The number of piperidine rings is 1. The highest BCUT2D eigenvalue weighted by Crippen LogP contribution is 2.14. The highest BCUT2D eigenvalue weighted by Gasteiger charge is 2.20. The molecule has 0 spiro atoms. The van der Waals surface area contributed by atoms with Crippen molar-refractivity contribution in [2.24, 2.45) is 0 Å². The number of nitrogens with zero attached hydrogens (tertiary/aromatic N) is 2. The first-order valence-corrected chi connectivity index (χ1v) is 7.02. The zero-order valence-corrected chi connectivity index (χ0v) is 11.6. The van der Waals surface area contributed by atoms with Crippen LogP contribution in [0.5, 0.6) is 0 Å². The summed E-state index contributed by atoms with van der Waals surface area (Å²) in [7, 11) is 2.22. The number of thiol groups is 1. The maximum absolute atomic E-state index is 5.46. The molecule has 0 amide bonds. The van der Waals surface area contributed by atoms with Crippen molar-refractivity contribution in [2.75, 3.05) is 52.2 Å². The van der Waals surface area contributed by atoms with Crippen molar-refractivity contribution in [1.82, 2.24) is 9.80 Å². The Labute approximate surface area is 106 Å². The van der Waals surface area contributed by atoms with E-state index in [1.165, 1.54) is 32.5 Å². The van der Waals surface area contributed by atoms with E-state index in [9.17, 15) is 0 Å². The van der Waals surface area contributed by atoms with Gasteiger partial charge in [-0.05, 0) is 39.5 Å². The van der Waals surface area contributed by atoms with Crippen molar-refractivity contribution in [3.63, 3.8) is 0 Å². The third-order valence-electron chi connectivity index (χ3n) is 3.45. The van der Waals surface area contributed by atoms with Crippen molar-refractivity contribution in [3.8, 4) is 0 Å². The smallest absolute Gasteiger partial charge is 0.0593 e. The van der Waals surface area contributed by atoms with E-state index in [1.807, 2.05) is 0 Å². The minimum atomic E-state index is 0.752. The maximum atomic E-state index is 5.46. The Morgan fingerprint density at radius 1 is 1.31 bits per heavy atom. The second-order valence-corrected chi connectivity index (χ2v) is 4.93. The molecule has 1 saturated heterocycles. The van der Waals surface area contributed by atoms with Gasteiger partial charge in [0.15, 0.2) is 0 Å². The van der Waals surface area contributed by atoms with Gasteiger partial charge in [0, 0.05) is 18.3 Å². The summed E-state index contributed by atoms with van der Waals surface area (Å²) >= 11 is 4.12. The number of ether oxygens (including phenoxy) is 1. The number of hydrogen-bond acceptors (Lipinski definition) is 4. The highest BCUT2D eigenvalue weighted by molar-refractivity contribution is 7.80. The van der Waals surface area contributed by atoms with E-state index in [1.54, 1.807) is 0 Å². The molecule has 0 aliphatic carbocycles. The summed E-state index contributed by atoms with van der Waals surface area (Å²) in [6.45, 7) is 8.60. The molecule has 0 aromatic carbocycles. The summed E-state index contributed by atoms with van der Waals surface area (Å²) in [5.74, 6) is 0.818. The van der Waals surface area contributed by atoms with E-state index >= 15 is 0 Å². The van der Waals surface area contributed by atoms with E-state index in [0.29, 0.717) is 0 Å². The van der Waals surface area contributed by atoms with Crippen LogP contribution in [0, 0.1) is 0 Å². The number of likely N-dealkylation sites (tertiary alicyclic amines) is 1. The average molecular weight is 246 g/mol. The predicted molar refractivity (Wildman–Crippen MR) is 72.4 cm³/mol. The van der Waals surface area contributed by atoms with E-state index < -0.39 is 0 Å². The van der Waals surface area contributed by atoms with Gasteiger partial charge in [-0.2, -0.15) is 12.6 Å². The van der Waals surface area contributed by atoms with E-state index in [0.717, 1.165) is 31.6 Å². The molecule has 16 heavy (non-hydrogen) atoms. The van der Waals surface area contributed by atoms with Crippen LogP contribution in [0.4, 0.5) is 0 Å². The van der Waals surface area contributed by atoms with Gasteiger partial charge >= 0.3 is 0 Å². The first kappa shape index (κ1) is 14.3. The number of hydrogen-bond donors (Lipinski definition) is 1. The third-order valence-corrected chi connectivity index (χ3v) is 3.63. The number of rotatable bonds is 7.